The monoisotopic (exact) mass is 591 g/mol. The molecular formula is C30H53N3O5Si2. The van der Waals surface area contributed by atoms with Crippen molar-refractivity contribution in [2.75, 3.05) is 27.9 Å². The number of hydrogen-bond acceptors (Lipinski definition) is 8. The van der Waals surface area contributed by atoms with Crippen LogP contribution in [-0.2, 0) is 23.4 Å². The first-order chi connectivity index (χ1) is 18.8. The molecule has 10 heteroatoms. The maximum absolute atomic E-state index is 7.21. The summed E-state index contributed by atoms with van der Waals surface area (Å²) >= 11 is 0. The summed E-state index contributed by atoms with van der Waals surface area (Å²) in [5.41, 5.74) is 3.47. The molecule has 0 aromatic rings. The van der Waals surface area contributed by atoms with Gasteiger partial charge in [-0.25, -0.2) is 0 Å². The molecule has 0 amide bonds. The number of nitrogens with zero attached hydrogens (tertiary/aromatic N) is 3. The molecule has 0 radical (unpaired) electrons. The maximum atomic E-state index is 7.21. The highest BCUT2D eigenvalue weighted by molar-refractivity contribution is 6.70. The molecule has 3 saturated carbocycles. The third-order valence-electron chi connectivity index (χ3n) is 9.87. The van der Waals surface area contributed by atoms with E-state index < -0.39 is 16.6 Å². The standard InChI is InChI=1S/C30H53N3O5Si2/c1-29-16-15-22(32-35-3)17-21(29)11-12-23-24-13-14-25(26(33-36-4)19-37-39(5,6)7)30(24,20-31-34-2)18-27(28(23)29)38-40(8,9)10/h17,20,23-25,27-28H,11-16,18-19H2,1-10H3/b31-20+,32-22+,33-26+/t23-,24-,25-,27-,28+,29-,30+/m0/s1. The second-order valence-corrected chi connectivity index (χ2v) is 23.5. The van der Waals surface area contributed by atoms with Crippen molar-refractivity contribution in [1.82, 2.24) is 0 Å². The van der Waals surface area contributed by atoms with Gasteiger partial charge < -0.3 is 23.4 Å². The number of oxime groups is 3. The fraction of sp³-hybridized carbons (Fsp3) is 0.833. The lowest BCUT2D eigenvalue weighted by Gasteiger charge is -2.61. The van der Waals surface area contributed by atoms with Gasteiger partial charge in [0.1, 0.15) is 21.3 Å². The Morgan fingerprint density at radius 1 is 0.975 bits per heavy atom. The third kappa shape index (κ3) is 6.29. The molecule has 8 nitrogen and oxygen atoms in total. The fourth-order valence-corrected chi connectivity index (χ4v) is 10.3. The molecule has 0 aromatic heterocycles. The Kier molecular flexibility index (Phi) is 9.44. The normalized spacial score (nSPS) is 37.5. The lowest BCUT2D eigenvalue weighted by Crippen LogP contribution is -2.60. The van der Waals surface area contributed by atoms with E-state index >= 15 is 0 Å². The van der Waals surface area contributed by atoms with Gasteiger partial charge in [-0.15, -0.1) is 0 Å². The lowest BCUT2D eigenvalue weighted by molar-refractivity contribution is -0.0982. The summed E-state index contributed by atoms with van der Waals surface area (Å²) in [5, 5.41) is 13.4. The maximum Gasteiger partial charge on any atom is 0.184 e. The van der Waals surface area contributed by atoms with Gasteiger partial charge in [-0.1, -0.05) is 28.0 Å². The minimum absolute atomic E-state index is 0.0903. The Labute approximate surface area is 244 Å². The van der Waals surface area contributed by atoms with Crippen LogP contribution < -0.4 is 0 Å². The smallest absolute Gasteiger partial charge is 0.184 e. The molecule has 3 fully saturated rings. The molecule has 0 aliphatic heterocycles. The highest BCUT2D eigenvalue weighted by Crippen LogP contribution is 2.67. The van der Waals surface area contributed by atoms with Gasteiger partial charge in [0.15, 0.2) is 16.6 Å². The van der Waals surface area contributed by atoms with Crippen LogP contribution in [0.25, 0.3) is 0 Å². The summed E-state index contributed by atoms with van der Waals surface area (Å²) in [4.78, 5) is 16.0. The van der Waals surface area contributed by atoms with Crippen LogP contribution in [0.2, 0.25) is 39.3 Å². The van der Waals surface area contributed by atoms with Gasteiger partial charge >= 0.3 is 0 Å². The van der Waals surface area contributed by atoms with Crippen molar-refractivity contribution >= 4 is 34.3 Å². The van der Waals surface area contributed by atoms with Crippen LogP contribution in [0.1, 0.15) is 51.9 Å². The van der Waals surface area contributed by atoms with Gasteiger partial charge in [0.05, 0.1) is 24.2 Å². The molecular weight excluding hydrogens is 539 g/mol. The van der Waals surface area contributed by atoms with Crippen molar-refractivity contribution in [3.8, 4) is 0 Å². The van der Waals surface area contributed by atoms with Crippen molar-refractivity contribution in [3.05, 3.63) is 11.6 Å². The second-order valence-electron chi connectivity index (χ2n) is 14.5. The summed E-state index contributed by atoms with van der Waals surface area (Å²) < 4.78 is 13.6. The molecule has 0 spiro atoms. The number of fused-ring (bicyclic) bond motifs is 5. The van der Waals surface area contributed by atoms with E-state index in [-0.39, 0.29) is 22.9 Å². The van der Waals surface area contributed by atoms with Crippen molar-refractivity contribution in [3.63, 3.8) is 0 Å². The van der Waals surface area contributed by atoms with E-state index in [4.69, 9.17) is 23.4 Å². The van der Waals surface area contributed by atoms with Gasteiger partial charge in [0.2, 0.25) is 0 Å². The number of rotatable bonds is 10. The highest BCUT2D eigenvalue weighted by atomic mass is 28.4. The predicted molar refractivity (Wildman–Crippen MR) is 167 cm³/mol. The van der Waals surface area contributed by atoms with Crippen molar-refractivity contribution in [2.24, 2.45) is 50.0 Å². The molecule has 4 rings (SSSR count). The van der Waals surface area contributed by atoms with Crippen LogP contribution >= 0.6 is 0 Å². The van der Waals surface area contributed by atoms with Crippen LogP contribution in [0.3, 0.4) is 0 Å². The van der Waals surface area contributed by atoms with Crippen molar-refractivity contribution < 1.29 is 23.4 Å². The van der Waals surface area contributed by atoms with E-state index in [1.807, 2.05) is 0 Å². The molecule has 0 unspecified atom stereocenters. The third-order valence-corrected chi connectivity index (χ3v) is 11.9. The molecule has 7 atom stereocenters. The van der Waals surface area contributed by atoms with Gasteiger partial charge in [0, 0.05) is 17.4 Å². The van der Waals surface area contributed by atoms with E-state index in [1.54, 1.807) is 21.3 Å². The highest BCUT2D eigenvalue weighted by Gasteiger charge is 2.65. The molecule has 0 saturated heterocycles. The zero-order valence-electron chi connectivity index (χ0n) is 26.6. The zero-order chi connectivity index (χ0) is 29.3. The Morgan fingerprint density at radius 2 is 1.73 bits per heavy atom. The summed E-state index contributed by atoms with van der Waals surface area (Å²) in [6, 6.07) is 0. The average Bonchev–Trinajstić information content (AvgIpc) is 3.23. The molecule has 4 aliphatic rings. The molecule has 0 heterocycles. The van der Waals surface area contributed by atoms with Gasteiger partial charge in [-0.05, 0) is 113 Å². The summed E-state index contributed by atoms with van der Waals surface area (Å²) in [6.45, 7) is 16.6. The fourth-order valence-electron chi connectivity index (χ4n) is 8.58. The lowest BCUT2D eigenvalue weighted by atomic mass is 9.45. The van der Waals surface area contributed by atoms with Crippen molar-refractivity contribution in [2.45, 2.75) is 97.3 Å². The molecule has 0 bridgehead atoms. The molecule has 0 N–H and O–H groups in total. The number of hydrogen-bond donors (Lipinski definition) is 0. The van der Waals surface area contributed by atoms with Crippen LogP contribution in [0, 0.1) is 34.5 Å². The van der Waals surface area contributed by atoms with Crippen LogP contribution in [0.5, 0.6) is 0 Å². The summed E-state index contributed by atoms with van der Waals surface area (Å²) in [7, 11) is 1.32. The van der Waals surface area contributed by atoms with Crippen molar-refractivity contribution in [1.29, 1.82) is 0 Å². The largest absolute Gasteiger partial charge is 0.414 e. The quantitative estimate of drug-likeness (QED) is 0.157. The minimum Gasteiger partial charge on any atom is -0.414 e. The van der Waals surface area contributed by atoms with Crippen LogP contribution in [0.15, 0.2) is 27.1 Å². The average molecular weight is 592 g/mol. The Bertz CT molecular complexity index is 1030. The first kappa shape index (κ1) is 31.4. The Morgan fingerprint density at radius 3 is 2.35 bits per heavy atom. The van der Waals surface area contributed by atoms with Crippen LogP contribution in [0.4, 0.5) is 0 Å². The van der Waals surface area contributed by atoms with E-state index in [0.29, 0.717) is 24.4 Å². The van der Waals surface area contributed by atoms with E-state index in [0.717, 1.165) is 56.4 Å². The first-order valence-electron chi connectivity index (χ1n) is 15.1. The zero-order valence-corrected chi connectivity index (χ0v) is 28.6. The topological polar surface area (TPSA) is 83.2 Å². The molecule has 226 valence electrons. The molecule has 40 heavy (non-hydrogen) atoms. The van der Waals surface area contributed by atoms with E-state index in [1.165, 1.54) is 5.57 Å². The Balaban J connectivity index is 1.80. The second kappa shape index (κ2) is 12.0. The van der Waals surface area contributed by atoms with E-state index in [9.17, 15) is 0 Å². The molecule has 4 aliphatic carbocycles. The SMILES string of the molecule is CO/N=C(\CO[Si](C)(C)C)[C@@H]1CC[C@H]2[C@@H]3CCC4=C/C(=N/OC)CC[C@]4(C)[C@H]3[C@@H](O[Si](C)(C)C)C[C@]12/C=N/OC. The molecule has 0 aromatic carbocycles. The van der Waals surface area contributed by atoms with Gasteiger partial charge in [0.25, 0.3) is 0 Å². The first-order valence-corrected chi connectivity index (χ1v) is 21.9. The predicted octanol–water partition coefficient (Wildman–Crippen LogP) is 6.86. The summed E-state index contributed by atoms with van der Waals surface area (Å²) in [6.07, 6.45) is 12.0. The van der Waals surface area contributed by atoms with Gasteiger partial charge in [-0.3, -0.25) is 0 Å². The van der Waals surface area contributed by atoms with E-state index in [2.05, 4.69) is 74.0 Å². The van der Waals surface area contributed by atoms with Crippen LogP contribution in [-0.4, -0.2) is 68.3 Å². The summed E-state index contributed by atoms with van der Waals surface area (Å²) in [5.74, 6) is 1.65. The Hall–Kier alpha value is -1.50. The minimum atomic E-state index is -1.86. The number of allylic oxidation sites excluding steroid dienone is 2. The van der Waals surface area contributed by atoms with Gasteiger partial charge in [-0.2, -0.15) is 0 Å².